The number of hydrogen-bond acceptors (Lipinski definition) is 3. The van der Waals surface area contributed by atoms with Gasteiger partial charge in [-0.15, -0.1) is 0 Å². The summed E-state index contributed by atoms with van der Waals surface area (Å²) in [7, 11) is 1.67. The largest absolute Gasteiger partial charge is 0.495 e. The van der Waals surface area contributed by atoms with Gasteiger partial charge in [0.1, 0.15) is 11.8 Å². The predicted octanol–water partition coefficient (Wildman–Crippen LogP) is 2.56. The van der Waals surface area contributed by atoms with E-state index in [1.165, 1.54) is 19.3 Å². The van der Waals surface area contributed by atoms with Crippen LogP contribution in [0.25, 0.3) is 0 Å². The number of nitriles is 1. The fraction of sp³-hybridized carbons (Fsp3) is 0.500. The summed E-state index contributed by atoms with van der Waals surface area (Å²) in [5.74, 6) is 0.818. The van der Waals surface area contributed by atoms with Gasteiger partial charge in [-0.05, 0) is 25.0 Å². The first kappa shape index (κ1) is 10.5. The van der Waals surface area contributed by atoms with E-state index in [1.807, 2.05) is 18.2 Å². The van der Waals surface area contributed by atoms with Crippen molar-refractivity contribution in [2.45, 2.75) is 19.3 Å². The minimum atomic E-state index is 0.563. The van der Waals surface area contributed by atoms with E-state index in [0.29, 0.717) is 5.41 Å². The Bertz CT molecular complexity index is 477. The molecule has 1 aliphatic heterocycles. The first-order valence-electron chi connectivity index (χ1n) is 6.10. The van der Waals surface area contributed by atoms with Crippen LogP contribution in [0.15, 0.2) is 18.2 Å². The first-order valence-corrected chi connectivity index (χ1v) is 6.10. The summed E-state index contributed by atoms with van der Waals surface area (Å²) in [6, 6.07) is 7.93. The number of para-hydroxylation sites is 1. The average molecular weight is 228 g/mol. The highest BCUT2D eigenvalue weighted by Gasteiger charge is 2.48. The van der Waals surface area contributed by atoms with Crippen molar-refractivity contribution >= 4 is 5.69 Å². The third kappa shape index (κ3) is 1.48. The second kappa shape index (κ2) is 3.66. The lowest BCUT2D eigenvalue weighted by Crippen LogP contribution is -2.60. The van der Waals surface area contributed by atoms with Gasteiger partial charge in [0, 0.05) is 18.5 Å². The smallest absolute Gasteiger partial charge is 0.143 e. The van der Waals surface area contributed by atoms with Crippen molar-refractivity contribution in [1.29, 1.82) is 5.26 Å². The van der Waals surface area contributed by atoms with E-state index in [9.17, 15) is 5.26 Å². The maximum Gasteiger partial charge on any atom is 0.143 e. The Morgan fingerprint density at radius 3 is 2.65 bits per heavy atom. The molecule has 0 bridgehead atoms. The van der Waals surface area contributed by atoms with Gasteiger partial charge in [-0.3, -0.25) is 0 Å². The van der Waals surface area contributed by atoms with Crippen molar-refractivity contribution in [2.75, 3.05) is 25.1 Å². The van der Waals surface area contributed by atoms with Crippen LogP contribution in [0.2, 0.25) is 0 Å². The van der Waals surface area contributed by atoms with Gasteiger partial charge in [-0.1, -0.05) is 12.5 Å². The highest BCUT2D eigenvalue weighted by Crippen LogP contribution is 2.51. The Hall–Kier alpha value is -1.69. The number of anilines is 1. The van der Waals surface area contributed by atoms with Crippen LogP contribution in [0, 0.1) is 16.7 Å². The number of methoxy groups -OCH3 is 1. The zero-order valence-electron chi connectivity index (χ0n) is 10.1. The molecule has 0 atom stereocenters. The molecule has 1 saturated heterocycles. The van der Waals surface area contributed by atoms with E-state index < -0.39 is 0 Å². The fourth-order valence-corrected chi connectivity index (χ4v) is 3.02. The molecule has 0 N–H and O–H groups in total. The van der Waals surface area contributed by atoms with Crippen LogP contribution in [0.4, 0.5) is 5.69 Å². The molecule has 1 aromatic carbocycles. The normalized spacial score (nSPS) is 20.4. The van der Waals surface area contributed by atoms with Gasteiger partial charge in [0.15, 0.2) is 0 Å². The number of hydrogen-bond donors (Lipinski definition) is 0. The van der Waals surface area contributed by atoms with Gasteiger partial charge in [0.25, 0.3) is 0 Å². The Balaban J connectivity index is 1.89. The van der Waals surface area contributed by atoms with E-state index in [4.69, 9.17) is 4.74 Å². The fourth-order valence-electron chi connectivity index (χ4n) is 3.02. The van der Waals surface area contributed by atoms with E-state index in [2.05, 4.69) is 11.0 Å². The lowest BCUT2D eigenvalue weighted by molar-refractivity contribution is 0.0899. The number of ether oxygens (including phenoxy) is 1. The Kier molecular flexibility index (Phi) is 2.25. The SMILES string of the molecule is COc1cccc(C#N)c1N1CC2(CCC2)C1. The molecule has 0 unspecified atom stereocenters. The second-order valence-electron chi connectivity index (χ2n) is 5.18. The Morgan fingerprint density at radius 1 is 1.35 bits per heavy atom. The van der Waals surface area contributed by atoms with E-state index in [1.54, 1.807) is 7.11 Å². The summed E-state index contributed by atoms with van der Waals surface area (Å²) in [4.78, 5) is 2.29. The third-order valence-electron chi connectivity index (χ3n) is 4.12. The second-order valence-corrected chi connectivity index (χ2v) is 5.18. The monoisotopic (exact) mass is 228 g/mol. The summed E-state index contributed by atoms with van der Waals surface area (Å²) >= 11 is 0. The summed E-state index contributed by atoms with van der Waals surface area (Å²) in [5, 5.41) is 9.18. The van der Waals surface area contributed by atoms with Crippen LogP contribution in [-0.2, 0) is 0 Å². The van der Waals surface area contributed by atoms with Crippen molar-refractivity contribution in [2.24, 2.45) is 5.41 Å². The molecule has 1 aromatic rings. The third-order valence-corrected chi connectivity index (χ3v) is 4.12. The van der Waals surface area contributed by atoms with Gasteiger partial charge in [-0.2, -0.15) is 5.26 Å². The van der Waals surface area contributed by atoms with Crippen molar-refractivity contribution < 1.29 is 4.74 Å². The van der Waals surface area contributed by atoms with E-state index >= 15 is 0 Å². The van der Waals surface area contributed by atoms with Crippen LogP contribution in [0.5, 0.6) is 5.75 Å². The highest BCUT2D eigenvalue weighted by molar-refractivity contribution is 5.69. The minimum absolute atomic E-state index is 0.563. The van der Waals surface area contributed by atoms with Crippen molar-refractivity contribution in [3.63, 3.8) is 0 Å². The molecule has 0 radical (unpaired) electrons. The molecule has 88 valence electrons. The number of rotatable bonds is 2. The molecule has 0 aromatic heterocycles. The molecule has 3 rings (SSSR count). The van der Waals surface area contributed by atoms with Crippen molar-refractivity contribution in [3.05, 3.63) is 23.8 Å². The molecule has 1 heterocycles. The number of nitrogens with zero attached hydrogens (tertiary/aromatic N) is 2. The van der Waals surface area contributed by atoms with Gasteiger partial charge in [-0.25, -0.2) is 0 Å². The minimum Gasteiger partial charge on any atom is -0.495 e. The van der Waals surface area contributed by atoms with E-state index in [-0.39, 0.29) is 0 Å². The quantitative estimate of drug-likeness (QED) is 0.780. The molecule has 2 fully saturated rings. The van der Waals surface area contributed by atoms with Gasteiger partial charge < -0.3 is 9.64 Å². The lowest BCUT2D eigenvalue weighted by Gasteiger charge is -2.57. The lowest BCUT2D eigenvalue weighted by atomic mass is 9.63. The van der Waals surface area contributed by atoms with Crippen molar-refractivity contribution in [3.8, 4) is 11.8 Å². The molecular formula is C14H16N2O. The van der Waals surface area contributed by atoms with Crippen molar-refractivity contribution in [1.82, 2.24) is 0 Å². The summed E-state index contributed by atoms with van der Waals surface area (Å²) < 4.78 is 5.37. The molecule has 1 saturated carbocycles. The molecule has 17 heavy (non-hydrogen) atoms. The van der Waals surface area contributed by atoms with Gasteiger partial charge in [0.05, 0.1) is 18.4 Å². The Morgan fingerprint density at radius 2 is 2.12 bits per heavy atom. The summed E-state index contributed by atoms with van der Waals surface area (Å²) in [6.07, 6.45) is 4.06. The van der Waals surface area contributed by atoms with Crippen LogP contribution in [-0.4, -0.2) is 20.2 Å². The summed E-state index contributed by atoms with van der Waals surface area (Å²) in [6.45, 7) is 2.17. The molecule has 3 heteroatoms. The molecule has 1 spiro atoms. The molecule has 0 amide bonds. The topological polar surface area (TPSA) is 36.3 Å². The number of benzene rings is 1. The molecule has 1 aliphatic carbocycles. The molecule has 3 nitrogen and oxygen atoms in total. The van der Waals surface area contributed by atoms with Gasteiger partial charge in [0.2, 0.25) is 0 Å². The molecular weight excluding hydrogens is 212 g/mol. The highest BCUT2D eigenvalue weighted by atomic mass is 16.5. The maximum absolute atomic E-state index is 9.18. The van der Waals surface area contributed by atoms with Gasteiger partial charge >= 0.3 is 0 Å². The zero-order valence-corrected chi connectivity index (χ0v) is 10.1. The zero-order chi connectivity index (χ0) is 11.9. The first-order chi connectivity index (χ1) is 8.28. The van der Waals surface area contributed by atoms with Crippen LogP contribution in [0.1, 0.15) is 24.8 Å². The summed E-state index contributed by atoms with van der Waals surface area (Å²) in [5.41, 5.74) is 2.27. The van der Waals surface area contributed by atoms with Crippen LogP contribution in [0.3, 0.4) is 0 Å². The van der Waals surface area contributed by atoms with Crippen LogP contribution >= 0.6 is 0 Å². The Labute approximate surface area is 102 Å². The standard InChI is InChI=1S/C14H16N2O/c1-17-12-5-2-4-11(8-15)13(12)16-9-14(10-16)6-3-7-14/h2,4-5H,3,6-7,9-10H2,1H3. The average Bonchev–Trinajstić information content (AvgIpc) is 2.25. The molecule has 2 aliphatic rings. The van der Waals surface area contributed by atoms with E-state index in [0.717, 1.165) is 30.1 Å². The predicted molar refractivity (Wildman–Crippen MR) is 66.2 cm³/mol. The van der Waals surface area contributed by atoms with Crippen LogP contribution < -0.4 is 9.64 Å². The maximum atomic E-state index is 9.18.